The fraction of sp³-hybridized carbons (Fsp3) is 0.500. The third-order valence-corrected chi connectivity index (χ3v) is 7.70. The topological polar surface area (TPSA) is 242 Å². The summed E-state index contributed by atoms with van der Waals surface area (Å²) in [5, 5.41) is 81.8. The second-order valence-corrected chi connectivity index (χ2v) is 10.6. The summed E-state index contributed by atoms with van der Waals surface area (Å²) < 4.78 is 27.3. The summed E-state index contributed by atoms with van der Waals surface area (Å²) in [6.07, 6.45) is -16.5. The van der Waals surface area contributed by atoms with Crippen LogP contribution in [0.25, 0.3) is 0 Å². The Morgan fingerprint density at radius 3 is 2.00 bits per heavy atom. The lowest BCUT2D eigenvalue weighted by atomic mass is 9.82. The Hall–Kier alpha value is -3.22. The van der Waals surface area contributed by atoms with E-state index in [0.29, 0.717) is 5.56 Å². The van der Waals surface area contributed by atoms with Gasteiger partial charge in [0.2, 0.25) is 12.1 Å². The number of carbonyl (C=O) groups excluding carboxylic acids is 2. The lowest BCUT2D eigenvalue weighted by Gasteiger charge is -2.42. The highest BCUT2D eigenvalue weighted by molar-refractivity contribution is 6.30. The van der Waals surface area contributed by atoms with Crippen molar-refractivity contribution in [1.29, 1.82) is 0 Å². The van der Waals surface area contributed by atoms with Gasteiger partial charge in [0.05, 0.1) is 31.5 Å². The minimum Gasteiger partial charge on any atom is -0.507 e. The zero-order valence-electron chi connectivity index (χ0n) is 22.9. The fourth-order valence-electron chi connectivity index (χ4n) is 5.34. The predicted molar refractivity (Wildman–Crippen MR) is 140 cm³/mol. The number of methoxy groups -OCH3 is 1. The van der Waals surface area contributed by atoms with Crippen LogP contribution in [0.4, 0.5) is 0 Å². The Balaban J connectivity index is 1.40. The minimum absolute atomic E-state index is 0.0477. The maximum atomic E-state index is 13.6. The van der Waals surface area contributed by atoms with Crippen LogP contribution in [-0.2, 0) is 14.2 Å². The zero-order valence-corrected chi connectivity index (χ0v) is 22.9. The zero-order chi connectivity index (χ0) is 31.3. The molecule has 2 fully saturated rings. The van der Waals surface area contributed by atoms with Crippen LogP contribution >= 0.6 is 0 Å². The normalized spacial score (nSPS) is 34.0. The van der Waals surface area contributed by atoms with Gasteiger partial charge in [-0.05, 0) is 30.7 Å². The summed E-state index contributed by atoms with van der Waals surface area (Å²) >= 11 is 0. The van der Waals surface area contributed by atoms with E-state index >= 15 is 0 Å². The molecule has 15 nitrogen and oxygen atoms in total. The largest absolute Gasteiger partial charge is 0.507 e. The van der Waals surface area contributed by atoms with Gasteiger partial charge in [-0.15, -0.1) is 0 Å². The Morgan fingerprint density at radius 2 is 1.35 bits per heavy atom. The Morgan fingerprint density at radius 1 is 0.744 bits per heavy atom. The van der Waals surface area contributed by atoms with Gasteiger partial charge in [0.25, 0.3) is 0 Å². The number of ketones is 2. The smallest absolute Gasteiger partial charge is 0.229 e. The Bertz CT molecular complexity index is 1390. The van der Waals surface area contributed by atoms with Crippen LogP contribution in [0.15, 0.2) is 24.3 Å². The van der Waals surface area contributed by atoms with E-state index < -0.39 is 91.9 Å². The molecule has 3 aliphatic rings. The summed E-state index contributed by atoms with van der Waals surface area (Å²) in [6.45, 7) is 0.323. The number of aryl methyl sites for hydroxylation is 1. The number of aliphatic hydroxyl groups excluding tert-OH is 7. The van der Waals surface area contributed by atoms with Crippen molar-refractivity contribution in [2.24, 2.45) is 0 Å². The number of hydrogen-bond donors (Lipinski definition) is 8. The van der Waals surface area contributed by atoms with Gasteiger partial charge in [0, 0.05) is 17.2 Å². The summed E-state index contributed by atoms with van der Waals surface area (Å²) in [5.74, 6) is -1.90. The van der Waals surface area contributed by atoms with Gasteiger partial charge in [-0.25, -0.2) is 0 Å². The molecule has 234 valence electrons. The maximum Gasteiger partial charge on any atom is 0.229 e. The average Bonchev–Trinajstić information content (AvgIpc) is 2.98. The number of fused-ring (bicyclic) bond motifs is 2. The van der Waals surface area contributed by atoms with Crippen molar-refractivity contribution in [3.05, 3.63) is 52.1 Å². The van der Waals surface area contributed by atoms with Crippen molar-refractivity contribution in [2.75, 3.05) is 20.3 Å². The summed E-state index contributed by atoms with van der Waals surface area (Å²) in [4.78, 5) is 27.0. The second kappa shape index (κ2) is 12.0. The quantitative estimate of drug-likeness (QED) is 0.138. The molecule has 2 aromatic carbocycles. The summed E-state index contributed by atoms with van der Waals surface area (Å²) in [6, 6.07) is 5.35. The number of phenols is 1. The third-order valence-electron chi connectivity index (χ3n) is 7.70. The Labute approximate surface area is 244 Å². The molecular weight excluding hydrogens is 576 g/mol. The van der Waals surface area contributed by atoms with Crippen LogP contribution in [-0.4, -0.2) is 134 Å². The number of phenolic OH excluding ortho intramolecular Hbond substituents is 1. The van der Waals surface area contributed by atoms with E-state index in [2.05, 4.69) is 0 Å². The van der Waals surface area contributed by atoms with Gasteiger partial charge in [0.15, 0.2) is 12.1 Å². The van der Waals surface area contributed by atoms with Crippen molar-refractivity contribution in [3.8, 4) is 17.2 Å². The second-order valence-electron chi connectivity index (χ2n) is 10.6. The van der Waals surface area contributed by atoms with E-state index in [1.165, 1.54) is 31.4 Å². The molecule has 2 aliphatic heterocycles. The third kappa shape index (κ3) is 5.49. The van der Waals surface area contributed by atoms with Crippen molar-refractivity contribution in [2.45, 2.75) is 68.3 Å². The Kier molecular flexibility index (Phi) is 8.75. The molecule has 15 heteroatoms. The van der Waals surface area contributed by atoms with E-state index in [1.54, 1.807) is 6.92 Å². The van der Waals surface area contributed by atoms with E-state index in [4.69, 9.17) is 23.7 Å². The van der Waals surface area contributed by atoms with Crippen molar-refractivity contribution >= 4 is 11.6 Å². The lowest BCUT2D eigenvalue weighted by Crippen LogP contribution is -2.62. The first kappa shape index (κ1) is 31.2. The molecule has 0 amide bonds. The lowest BCUT2D eigenvalue weighted by molar-refractivity contribution is -0.323. The molecule has 0 aromatic heterocycles. The minimum atomic E-state index is -1.85. The number of ether oxygens (including phenoxy) is 5. The molecule has 10 atom stereocenters. The number of rotatable bonds is 7. The fourth-order valence-corrected chi connectivity index (χ4v) is 5.34. The van der Waals surface area contributed by atoms with Gasteiger partial charge in [0.1, 0.15) is 66.1 Å². The molecule has 0 unspecified atom stereocenters. The van der Waals surface area contributed by atoms with Gasteiger partial charge >= 0.3 is 0 Å². The SMILES string of the molecule is COc1cc(O)c2c(c1)C(=O)c1cc(C)cc(O[C@@H]3O[C@H](CO[C@@H]4O[C@H](CO)[C@@H](O)[C@H](O)[C@H]4O)[C@@H](O)[C@H](O)[C@H]3O)c1C2=O. The van der Waals surface area contributed by atoms with E-state index in [-0.39, 0.29) is 33.8 Å². The monoisotopic (exact) mass is 608 g/mol. The standard InChI is InChI=1S/C28H32O15/c1-9-3-11-18(22(34)17-12(19(11)31)5-10(39-2)6-13(17)30)14(4-9)41-28-26(38)24(36)21(33)16(43-28)8-40-27-25(37)23(35)20(32)15(7-29)42-27/h3-6,15-16,20-21,23-30,32-33,35-38H,7-8H2,1-2H3/t15-,16-,20-,21-,23+,24+,25-,26-,27-,28-/m1/s1. The van der Waals surface area contributed by atoms with Crippen LogP contribution < -0.4 is 9.47 Å². The first-order valence-electron chi connectivity index (χ1n) is 13.3. The first-order valence-corrected chi connectivity index (χ1v) is 13.3. The number of aliphatic hydroxyl groups is 7. The molecule has 1 aliphatic carbocycles. The molecule has 0 spiro atoms. The first-order chi connectivity index (χ1) is 20.4. The number of aromatic hydroxyl groups is 1. The number of hydrogen-bond acceptors (Lipinski definition) is 15. The number of carbonyl (C=O) groups is 2. The molecule has 2 aromatic rings. The van der Waals surface area contributed by atoms with E-state index in [1.807, 2.05) is 0 Å². The number of benzene rings is 2. The molecule has 0 radical (unpaired) electrons. The van der Waals surface area contributed by atoms with E-state index in [0.717, 1.165) is 0 Å². The van der Waals surface area contributed by atoms with Crippen LogP contribution in [0.3, 0.4) is 0 Å². The van der Waals surface area contributed by atoms with Gasteiger partial charge < -0.3 is 64.5 Å². The molecule has 8 N–H and O–H groups in total. The summed E-state index contributed by atoms with van der Waals surface area (Å²) in [7, 11) is 1.34. The molecular formula is C28H32O15. The van der Waals surface area contributed by atoms with Crippen molar-refractivity contribution in [1.82, 2.24) is 0 Å². The highest BCUT2D eigenvalue weighted by atomic mass is 16.7. The summed E-state index contributed by atoms with van der Waals surface area (Å²) in [5.41, 5.74) is -0.149. The van der Waals surface area contributed by atoms with Crippen molar-refractivity contribution < 1.29 is 74.1 Å². The van der Waals surface area contributed by atoms with Crippen LogP contribution in [0.2, 0.25) is 0 Å². The maximum absolute atomic E-state index is 13.6. The van der Waals surface area contributed by atoms with Crippen LogP contribution in [0.5, 0.6) is 17.2 Å². The van der Waals surface area contributed by atoms with Crippen LogP contribution in [0.1, 0.15) is 37.4 Å². The van der Waals surface area contributed by atoms with Crippen LogP contribution in [0, 0.1) is 6.92 Å². The molecule has 5 rings (SSSR count). The van der Waals surface area contributed by atoms with Gasteiger partial charge in [-0.1, -0.05) is 0 Å². The van der Waals surface area contributed by atoms with Crippen molar-refractivity contribution in [3.63, 3.8) is 0 Å². The highest BCUT2D eigenvalue weighted by Gasteiger charge is 2.48. The molecule has 43 heavy (non-hydrogen) atoms. The van der Waals surface area contributed by atoms with E-state index in [9.17, 15) is 50.4 Å². The van der Waals surface area contributed by atoms with Gasteiger partial charge in [-0.2, -0.15) is 0 Å². The highest BCUT2D eigenvalue weighted by Crippen LogP contribution is 2.40. The predicted octanol–water partition coefficient (Wildman–Crippen LogP) is -2.51. The molecule has 0 saturated carbocycles. The molecule has 2 saturated heterocycles. The average molecular weight is 609 g/mol. The molecule has 0 bridgehead atoms. The van der Waals surface area contributed by atoms with Gasteiger partial charge in [-0.3, -0.25) is 9.59 Å². The molecule has 2 heterocycles.